The zero-order valence-corrected chi connectivity index (χ0v) is 13.6. The Morgan fingerprint density at radius 3 is 1.79 bits per heavy atom. The Morgan fingerprint density at radius 2 is 1.26 bits per heavy atom. The van der Waals surface area contributed by atoms with E-state index in [-0.39, 0.29) is 19.3 Å². The molecule has 6 nitrogen and oxygen atoms in total. The van der Waals surface area contributed by atoms with Crippen molar-refractivity contribution >= 4 is 43.9 Å². The van der Waals surface area contributed by atoms with E-state index in [4.69, 9.17) is 0 Å². The number of allylic oxidation sites excluding steroid dienone is 2. The average molecular weight is 461 g/mol. The summed E-state index contributed by atoms with van der Waals surface area (Å²) in [5.41, 5.74) is 0.864. The van der Waals surface area contributed by atoms with Crippen molar-refractivity contribution < 1.29 is 29.7 Å². The van der Waals surface area contributed by atoms with Crippen LogP contribution in [0.2, 0.25) is 0 Å². The first-order valence-electron chi connectivity index (χ1n) is 5.79. The van der Waals surface area contributed by atoms with Crippen LogP contribution in [0.1, 0.15) is 38.5 Å². The molecule has 104 valence electrons. The van der Waals surface area contributed by atoms with Crippen LogP contribution in [0.3, 0.4) is 0 Å². The fourth-order valence-corrected chi connectivity index (χ4v) is 7.10. The summed E-state index contributed by atoms with van der Waals surface area (Å²) >= 11 is -1.13. The number of carbonyl (C=O) groups excluding carboxylic acids is 3. The summed E-state index contributed by atoms with van der Waals surface area (Å²) in [5, 5.41) is 31.3. The van der Waals surface area contributed by atoms with Crippen LogP contribution in [0.4, 0.5) is 0 Å². The van der Waals surface area contributed by atoms with Gasteiger partial charge in [-0.25, -0.2) is 0 Å². The Morgan fingerprint density at radius 1 is 0.789 bits per heavy atom. The molecule has 0 amide bonds. The molecule has 0 unspecified atom stereocenters. The van der Waals surface area contributed by atoms with E-state index in [2.05, 4.69) is 0 Å². The first kappa shape index (κ1) is 16.0. The van der Waals surface area contributed by atoms with Crippen molar-refractivity contribution in [2.24, 2.45) is 0 Å². The van der Waals surface area contributed by atoms with Crippen molar-refractivity contribution in [1.82, 2.24) is 0 Å². The van der Waals surface area contributed by atoms with Crippen molar-refractivity contribution in [2.45, 2.75) is 38.5 Å². The van der Waals surface area contributed by atoms with E-state index < -0.39 is 40.7 Å². The van der Waals surface area contributed by atoms with Gasteiger partial charge >= 0.3 is 121 Å². The molecule has 0 bridgehead atoms. The van der Waals surface area contributed by atoms with E-state index in [9.17, 15) is 29.7 Å². The number of hydrogen-bond donors (Lipinski definition) is 0. The van der Waals surface area contributed by atoms with Crippen molar-refractivity contribution in [3.05, 3.63) is 8.85 Å². The predicted molar refractivity (Wildman–Crippen MR) is 60.5 cm³/mol. The van der Waals surface area contributed by atoms with E-state index in [0.717, 1.165) is 12.1 Å². The molecule has 0 atom stereocenters. The van der Waals surface area contributed by atoms with Gasteiger partial charge in [0, 0.05) is 0 Å². The minimum atomic E-state index is -1.16. The summed E-state index contributed by atoms with van der Waals surface area (Å²) in [6, 6.07) is 0. The van der Waals surface area contributed by atoms with Gasteiger partial charge in [-0.1, -0.05) is 0 Å². The second-order valence-electron chi connectivity index (χ2n) is 4.10. The van der Waals surface area contributed by atoms with Gasteiger partial charge in [0.25, 0.3) is 0 Å². The molecule has 0 aromatic rings. The molecule has 1 aliphatic rings. The van der Waals surface area contributed by atoms with Gasteiger partial charge in [-0.2, -0.15) is 0 Å². The molecule has 0 fully saturated rings. The number of hydrogen-bond acceptors (Lipinski definition) is 6. The molecule has 0 aromatic heterocycles. The summed E-state index contributed by atoms with van der Waals surface area (Å²) < 4.78 is 2.11. The van der Waals surface area contributed by atoms with E-state index in [1.165, 1.54) is 0 Å². The van der Waals surface area contributed by atoms with E-state index in [1.807, 2.05) is 0 Å². The number of carbonyl (C=O) groups is 3. The summed E-state index contributed by atoms with van der Waals surface area (Å²) in [5.74, 6) is -3.42. The van der Waals surface area contributed by atoms with Crippen LogP contribution in [0, 0.1) is 0 Å². The predicted octanol–water partition coefficient (Wildman–Crippen LogP) is -3.28. The number of carboxylic acids is 3. The Balaban J connectivity index is 2.58. The van der Waals surface area contributed by atoms with Crippen LogP contribution in [0.25, 0.3) is 0 Å². The topological polar surface area (TPSA) is 120 Å². The zero-order valence-electron chi connectivity index (χ0n) is 10.1. The van der Waals surface area contributed by atoms with Crippen LogP contribution in [0.5, 0.6) is 0 Å². The Hall–Kier alpha value is -1.10. The van der Waals surface area contributed by atoms with Crippen molar-refractivity contribution in [3.63, 3.8) is 0 Å². The van der Waals surface area contributed by atoms with E-state index >= 15 is 0 Å². The molecule has 19 heavy (non-hydrogen) atoms. The van der Waals surface area contributed by atoms with Gasteiger partial charge in [-0.05, 0) is 0 Å². The van der Waals surface area contributed by atoms with Crippen LogP contribution >= 0.6 is 0 Å². The van der Waals surface area contributed by atoms with Gasteiger partial charge in [0.15, 0.2) is 0 Å². The molecular weight excluding hydrogens is 449 g/mol. The van der Waals surface area contributed by atoms with Gasteiger partial charge in [0.05, 0.1) is 0 Å². The second-order valence-corrected chi connectivity index (χ2v) is 9.17. The average Bonchev–Trinajstić information content (AvgIpc) is 2.25. The fraction of sp³-hybridized carbons (Fsp3) is 0.500. The summed E-state index contributed by atoms with van der Waals surface area (Å²) in [6.45, 7) is 0. The number of aliphatic carboxylic acids is 3. The zero-order chi connectivity index (χ0) is 14.4. The maximum absolute atomic E-state index is 10.5. The van der Waals surface area contributed by atoms with Crippen LogP contribution in [0.15, 0.2) is 8.85 Å². The molecule has 0 radical (unpaired) electrons. The third kappa shape index (κ3) is 5.60. The van der Waals surface area contributed by atoms with Crippen molar-refractivity contribution in [3.8, 4) is 0 Å². The second kappa shape index (κ2) is 7.48. The molecule has 1 rings (SSSR count). The Bertz CT molecular complexity index is 463. The molecule has 0 N–H and O–H groups in total. The molecule has 7 heteroatoms. The first-order valence-corrected chi connectivity index (χ1v) is 9.27. The normalized spacial score (nSPS) is 13.8. The standard InChI is InChI=1S/C12H15O6.Bi/c13-10(14)5-1-3-9(7-8-12(17)18)4-2-6-11(15)16;/h1-2,5-8H2,(H,13,14)(H,15,16)(H,17,18);/p-3. The molecule has 0 aromatic carbocycles. The fourth-order valence-electron chi connectivity index (χ4n) is 1.78. The Labute approximate surface area is 121 Å². The third-order valence-electron chi connectivity index (χ3n) is 2.68. The number of rotatable bonds is 9. The summed E-state index contributed by atoms with van der Waals surface area (Å²) in [6.07, 6.45) is 0.840. The molecule has 0 spiro atoms. The summed E-state index contributed by atoms with van der Waals surface area (Å²) in [7, 11) is 0. The van der Waals surface area contributed by atoms with Gasteiger partial charge in [0.1, 0.15) is 0 Å². The molecule has 0 saturated heterocycles. The maximum atomic E-state index is 10.5. The summed E-state index contributed by atoms with van der Waals surface area (Å²) in [4.78, 5) is 31.3. The third-order valence-corrected chi connectivity index (χ3v) is 8.61. The van der Waals surface area contributed by atoms with Gasteiger partial charge < -0.3 is 0 Å². The molecule has 0 aliphatic carbocycles. The monoisotopic (exact) mass is 461 g/mol. The van der Waals surface area contributed by atoms with E-state index in [1.54, 1.807) is 0 Å². The minimum absolute atomic E-state index is 0.0680. The van der Waals surface area contributed by atoms with Gasteiger partial charge in [-0.3, -0.25) is 0 Å². The van der Waals surface area contributed by atoms with Crippen molar-refractivity contribution in [2.75, 3.05) is 0 Å². The van der Waals surface area contributed by atoms with Crippen LogP contribution in [-0.4, -0.2) is 43.9 Å². The van der Waals surface area contributed by atoms with Crippen LogP contribution in [-0.2, 0) is 14.4 Å². The SMILES string of the molecule is O=C([O-])CC[C]1=[Bi][C](CCC(=O)[O-])=C1CCC(=O)[O-]. The quantitative estimate of drug-likeness (QED) is 0.332. The van der Waals surface area contributed by atoms with Crippen LogP contribution < -0.4 is 15.3 Å². The molecule has 0 saturated carbocycles. The van der Waals surface area contributed by atoms with Gasteiger partial charge in [-0.15, -0.1) is 0 Å². The van der Waals surface area contributed by atoms with Gasteiger partial charge in [0.2, 0.25) is 0 Å². The molecule has 1 heterocycles. The number of carboxylic acid groups (broad SMARTS) is 3. The van der Waals surface area contributed by atoms with Crippen molar-refractivity contribution in [1.29, 1.82) is 0 Å². The molecule has 1 aliphatic heterocycles. The Kier molecular flexibility index (Phi) is 6.28. The first-order chi connectivity index (χ1) is 8.90. The molecular formula is C12H12BiO6-3. The van der Waals surface area contributed by atoms with E-state index in [0.29, 0.717) is 19.3 Å².